The third kappa shape index (κ3) is 2.92. The fourth-order valence-electron chi connectivity index (χ4n) is 1.24. The highest BCUT2D eigenvalue weighted by atomic mass is 16.6. The Hall–Kier alpha value is -1.62. The number of nitrogens with one attached hydrogen (secondary N) is 2. The highest BCUT2D eigenvalue weighted by molar-refractivity contribution is 5.57. The topological polar surface area (TPSA) is 59.1 Å². The minimum atomic E-state index is 0.751. The van der Waals surface area contributed by atoms with Crippen LogP contribution in [-0.2, 0) is 4.84 Å². The predicted octanol–water partition coefficient (Wildman–Crippen LogP) is 1.34. The Morgan fingerprint density at radius 1 is 1.40 bits per heavy atom. The summed E-state index contributed by atoms with van der Waals surface area (Å²) in [6, 6.07) is 0. The van der Waals surface area contributed by atoms with E-state index >= 15 is 0 Å². The molecule has 0 amide bonds. The van der Waals surface area contributed by atoms with Crippen LogP contribution in [0.15, 0.2) is 12.1 Å². The first kappa shape index (κ1) is 11.5. The minimum absolute atomic E-state index is 0.751. The third-order valence-electron chi connectivity index (χ3n) is 1.96. The number of rotatable bonds is 4. The van der Waals surface area contributed by atoms with E-state index in [1.54, 1.807) is 7.05 Å². The first-order valence-electron chi connectivity index (χ1n) is 4.70. The summed E-state index contributed by atoms with van der Waals surface area (Å²) >= 11 is 0. The highest BCUT2D eigenvalue weighted by Gasteiger charge is 2.03. The van der Waals surface area contributed by atoms with Crippen molar-refractivity contribution in [2.24, 2.45) is 0 Å². The van der Waals surface area contributed by atoms with E-state index in [0.717, 1.165) is 22.8 Å². The Bertz CT molecular complexity index is 362. The molecule has 0 atom stereocenters. The molecular formula is C10H16N4O. The van der Waals surface area contributed by atoms with E-state index in [1.165, 1.54) is 6.33 Å². The van der Waals surface area contributed by atoms with Gasteiger partial charge in [-0.15, -0.1) is 0 Å². The molecule has 0 fully saturated rings. The summed E-state index contributed by atoms with van der Waals surface area (Å²) in [4.78, 5) is 13.4. The predicted molar refractivity (Wildman–Crippen MR) is 60.1 cm³/mol. The van der Waals surface area contributed by atoms with Gasteiger partial charge in [0.25, 0.3) is 0 Å². The van der Waals surface area contributed by atoms with E-state index in [-0.39, 0.29) is 0 Å². The van der Waals surface area contributed by atoms with Crippen LogP contribution >= 0.6 is 0 Å². The molecule has 0 unspecified atom stereocenters. The fraction of sp³-hybridized carbons (Fsp3) is 0.400. The molecular weight excluding hydrogens is 192 g/mol. The summed E-state index contributed by atoms with van der Waals surface area (Å²) < 4.78 is 0. The van der Waals surface area contributed by atoms with E-state index in [1.807, 2.05) is 27.0 Å². The van der Waals surface area contributed by atoms with Crippen molar-refractivity contribution in [3.63, 3.8) is 0 Å². The van der Waals surface area contributed by atoms with Crippen LogP contribution in [0.3, 0.4) is 0 Å². The first-order valence-corrected chi connectivity index (χ1v) is 4.70. The SMILES string of the molecule is CNO/C(C)=C/c1ncnc(NC)c1C. The summed E-state index contributed by atoms with van der Waals surface area (Å²) in [6.07, 6.45) is 3.38. The summed E-state index contributed by atoms with van der Waals surface area (Å²) in [5.41, 5.74) is 4.46. The fourth-order valence-corrected chi connectivity index (χ4v) is 1.24. The summed E-state index contributed by atoms with van der Waals surface area (Å²) in [5.74, 6) is 1.58. The van der Waals surface area contributed by atoms with Gasteiger partial charge in [0.2, 0.25) is 0 Å². The normalized spacial score (nSPS) is 11.3. The van der Waals surface area contributed by atoms with Crippen LogP contribution in [0.2, 0.25) is 0 Å². The van der Waals surface area contributed by atoms with Gasteiger partial charge in [-0.1, -0.05) is 0 Å². The zero-order valence-electron chi connectivity index (χ0n) is 9.46. The van der Waals surface area contributed by atoms with Gasteiger partial charge in [0.05, 0.1) is 5.69 Å². The molecule has 0 spiro atoms. The van der Waals surface area contributed by atoms with Crippen LogP contribution < -0.4 is 10.8 Å². The Morgan fingerprint density at radius 3 is 2.73 bits per heavy atom. The van der Waals surface area contributed by atoms with Gasteiger partial charge in [-0.05, 0) is 13.8 Å². The van der Waals surface area contributed by atoms with E-state index < -0.39 is 0 Å². The summed E-state index contributed by atoms with van der Waals surface area (Å²) in [7, 11) is 3.54. The Labute approximate surface area is 89.5 Å². The Balaban J connectivity index is 2.99. The maximum Gasteiger partial charge on any atom is 0.132 e. The maximum atomic E-state index is 5.10. The molecule has 1 rings (SSSR count). The van der Waals surface area contributed by atoms with Gasteiger partial charge in [0, 0.05) is 25.7 Å². The molecule has 1 aromatic heterocycles. The van der Waals surface area contributed by atoms with Crippen molar-refractivity contribution in [1.82, 2.24) is 15.4 Å². The minimum Gasteiger partial charge on any atom is -0.414 e. The van der Waals surface area contributed by atoms with Crippen molar-refractivity contribution in [3.8, 4) is 0 Å². The molecule has 0 bridgehead atoms. The zero-order chi connectivity index (χ0) is 11.3. The van der Waals surface area contributed by atoms with Gasteiger partial charge in [0.15, 0.2) is 0 Å². The van der Waals surface area contributed by atoms with E-state index in [0.29, 0.717) is 0 Å². The van der Waals surface area contributed by atoms with Crippen molar-refractivity contribution in [2.45, 2.75) is 13.8 Å². The second kappa shape index (κ2) is 5.31. The Kier molecular flexibility index (Phi) is 4.05. The molecule has 2 N–H and O–H groups in total. The summed E-state index contributed by atoms with van der Waals surface area (Å²) in [5, 5.41) is 3.00. The van der Waals surface area contributed by atoms with Gasteiger partial charge < -0.3 is 10.2 Å². The molecule has 5 nitrogen and oxygen atoms in total. The quantitative estimate of drug-likeness (QED) is 0.577. The van der Waals surface area contributed by atoms with E-state index in [9.17, 15) is 0 Å². The molecule has 15 heavy (non-hydrogen) atoms. The van der Waals surface area contributed by atoms with Crippen molar-refractivity contribution in [2.75, 3.05) is 19.4 Å². The molecule has 0 saturated carbocycles. The molecule has 0 aliphatic carbocycles. The number of hydrogen-bond acceptors (Lipinski definition) is 5. The van der Waals surface area contributed by atoms with Crippen LogP contribution in [-0.4, -0.2) is 24.1 Å². The lowest BCUT2D eigenvalue weighted by molar-refractivity contribution is 0.131. The van der Waals surface area contributed by atoms with Gasteiger partial charge in [-0.25, -0.2) is 9.97 Å². The zero-order valence-corrected chi connectivity index (χ0v) is 9.46. The second-order valence-electron chi connectivity index (χ2n) is 3.04. The van der Waals surface area contributed by atoms with Crippen molar-refractivity contribution in [1.29, 1.82) is 0 Å². The lowest BCUT2D eigenvalue weighted by atomic mass is 10.2. The van der Waals surface area contributed by atoms with Crippen LogP contribution in [0.25, 0.3) is 6.08 Å². The molecule has 0 radical (unpaired) electrons. The second-order valence-corrected chi connectivity index (χ2v) is 3.04. The third-order valence-corrected chi connectivity index (χ3v) is 1.96. The van der Waals surface area contributed by atoms with Crippen LogP contribution in [0.4, 0.5) is 5.82 Å². The molecule has 1 heterocycles. The number of hydroxylamine groups is 1. The first-order chi connectivity index (χ1) is 7.19. The van der Waals surface area contributed by atoms with E-state index in [4.69, 9.17) is 4.84 Å². The van der Waals surface area contributed by atoms with Gasteiger partial charge >= 0.3 is 0 Å². The molecule has 82 valence electrons. The number of allylic oxidation sites excluding steroid dienone is 1. The molecule has 5 heteroatoms. The smallest absolute Gasteiger partial charge is 0.132 e. The molecule has 1 aromatic rings. The van der Waals surface area contributed by atoms with E-state index in [2.05, 4.69) is 20.8 Å². The number of hydrogen-bond donors (Lipinski definition) is 2. The van der Waals surface area contributed by atoms with Crippen LogP contribution in [0, 0.1) is 6.92 Å². The van der Waals surface area contributed by atoms with Crippen molar-refractivity contribution >= 4 is 11.9 Å². The van der Waals surface area contributed by atoms with Crippen molar-refractivity contribution < 1.29 is 4.84 Å². The maximum absolute atomic E-state index is 5.10. The van der Waals surface area contributed by atoms with Crippen LogP contribution in [0.5, 0.6) is 0 Å². The lowest BCUT2D eigenvalue weighted by Crippen LogP contribution is -2.05. The van der Waals surface area contributed by atoms with Gasteiger partial charge in [0.1, 0.15) is 17.9 Å². The van der Waals surface area contributed by atoms with Crippen LogP contribution in [0.1, 0.15) is 18.2 Å². The van der Waals surface area contributed by atoms with Gasteiger partial charge in [-0.3, -0.25) is 0 Å². The number of nitrogens with zero attached hydrogens (tertiary/aromatic N) is 2. The molecule has 0 saturated heterocycles. The monoisotopic (exact) mass is 208 g/mol. The number of aromatic nitrogens is 2. The standard InChI is InChI=1S/C10H16N4O/c1-7(15-12-4)5-9-8(2)10(11-3)14-6-13-9/h5-6,12H,1-4H3,(H,11,13,14)/b7-5+. The Morgan fingerprint density at radius 2 is 2.13 bits per heavy atom. The molecule has 0 aromatic carbocycles. The summed E-state index contributed by atoms with van der Waals surface area (Å²) in [6.45, 7) is 3.82. The highest BCUT2D eigenvalue weighted by Crippen LogP contribution is 2.15. The largest absolute Gasteiger partial charge is 0.414 e. The average Bonchev–Trinajstić information content (AvgIpc) is 2.21. The molecule has 0 aliphatic rings. The molecule has 0 aliphatic heterocycles. The average molecular weight is 208 g/mol. The number of anilines is 1. The van der Waals surface area contributed by atoms with Crippen molar-refractivity contribution in [3.05, 3.63) is 23.3 Å². The lowest BCUT2D eigenvalue weighted by Gasteiger charge is -2.07. The van der Waals surface area contributed by atoms with Gasteiger partial charge in [-0.2, -0.15) is 5.48 Å².